The molecule has 3 nitrogen and oxygen atoms in total. The molecule has 2 aromatic rings. The van der Waals surface area contributed by atoms with Gasteiger partial charge >= 0.3 is 5.51 Å². The molecule has 3 rings (SSSR count). The summed E-state index contributed by atoms with van der Waals surface area (Å²) in [4.78, 5) is 25.7. The van der Waals surface area contributed by atoms with Gasteiger partial charge in [0.05, 0.1) is 16.8 Å². The quantitative estimate of drug-likeness (QED) is 0.602. The van der Waals surface area contributed by atoms with E-state index in [0.717, 1.165) is 4.90 Å². The van der Waals surface area contributed by atoms with Gasteiger partial charge in [-0.2, -0.15) is 13.2 Å². The molecule has 0 radical (unpaired) electrons. The van der Waals surface area contributed by atoms with Gasteiger partial charge in [-0.05, 0) is 48.5 Å². The fraction of sp³-hybridized carbons (Fsp3) is 0.125. The van der Waals surface area contributed by atoms with Crippen LogP contribution in [-0.4, -0.2) is 17.3 Å². The minimum Gasteiger partial charge on any atom is -0.268 e. The molecule has 0 saturated carbocycles. The number of hydrogen-bond acceptors (Lipinski definition) is 3. The van der Waals surface area contributed by atoms with E-state index in [1.54, 1.807) is 19.1 Å². The fourth-order valence-electron chi connectivity index (χ4n) is 2.44. The van der Waals surface area contributed by atoms with Crippen molar-refractivity contribution in [2.75, 3.05) is 4.90 Å². The van der Waals surface area contributed by atoms with Crippen molar-refractivity contribution >= 4 is 29.3 Å². The van der Waals surface area contributed by atoms with Gasteiger partial charge in [-0.25, -0.2) is 4.90 Å². The normalized spacial score (nSPS) is 14.3. The third-order valence-electron chi connectivity index (χ3n) is 3.45. The van der Waals surface area contributed by atoms with E-state index in [4.69, 9.17) is 0 Å². The molecule has 1 heterocycles. The van der Waals surface area contributed by atoms with Crippen LogP contribution in [0.4, 0.5) is 18.9 Å². The molecule has 118 valence electrons. The largest absolute Gasteiger partial charge is 0.446 e. The van der Waals surface area contributed by atoms with Crippen molar-refractivity contribution in [1.82, 2.24) is 0 Å². The molecule has 1 aliphatic heterocycles. The summed E-state index contributed by atoms with van der Waals surface area (Å²) in [5.74, 6) is -1.05. The Labute approximate surface area is 134 Å². The monoisotopic (exact) mass is 337 g/mol. The van der Waals surface area contributed by atoms with E-state index in [1.807, 2.05) is 0 Å². The topological polar surface area (TPSA) is 37.4 Å². The van der Waals surface area contributed by atoms with Gasteiger partial charge in [0.25, 0.3) is 11.8 Å². The number of carbonyl (C=O) groups is 2. The lowest BCUT2D eigenvalue weighted by atomic mass is 10.1. The molecule has 1 aliphatic rings. The summed E-state index contributed by atoms with van der Waals surface area (Å²) < 4.78 is 37.6. The van der Waals surface area contributed by atoms with Crippen LogP contribution in [0, 0.1) is 6.92 Å². The summed E-state index contributed by atoms with van der Waals surface area (Å²) in [5, 5.41) is 0. The maximum Gasteiger partial charge on any atom is 0.446 e. The maximum atomic E-state index is 12.5. The van der Waals surface area contributed by atoms with Crippen LogP contribution < -0.4 is 4.90 Å². The molecule has 0 N–H and O–H groups in total. The number of anilines is 1. The molecule has 0 aromatic heterocycles. The number of imide groups is 1. The Hall–Kier alpha value is -2.28. The number of rotatable bonds is 2. The van der Waals surface area contributed by atoms with Gasteiger partial charge in [-0.1, -0.05) is 18.2 Å². The van der Waals surface area contributed by atoms with Crippen LogP contribution in [0.1, 0.15) is 26.3 Å². The number of alkyl halides is 3. The molecule has 0 saturated heterocycles. The van der Waals surface area contributed by atoms with E-state index in [2.05, 4.69) is 0 Å². The van der Waals surface area contributed by atoms with E-state index in [1.165, 1.54) is 30.3 Å². The number of halogens is 3. The molecule has 0 fully saturated rings. The second-order valence-corrected chi connectivity index (χ2v) is 6.13. The highest BCUT2D eigenvalue weighted by molar-refractivity contribution is 8.00. The van der Waals surface area contributed by atoms with Gasteiger partial charge in [0.2, 0.25) is 0 Å². The molecule has 0 spiro atoms. The molecular weight excluding hydrogens is 327 g/mol. The van der Waals surface area contributed by atoms with Gasteiger partial charge in [-0.3, -0.25) is 9.59 Å². The lowest BCUT2D eigenvalue weighted by molar-refractivity contribution is -0.0328. The zero-order valence-electron chi connectivity index (χ0n) is 11.8. The first-order valence-electron chi connectivity index (χ1n) is 6.62. The Morgan fingerprint density at radius 2 is 1.52 bits per heavy atom. The maximum absolute atomic E-state index is 12.5. The zero-order valence-corrected chi connectivity index (χ0v) is 12.7. The lowest BCUT2D eigenvalue weighted by Gasteiger charge is -2.18. The fourth-order valence-corrected chi connectivity index (χ4v) is 3.01. The van der Waals surface area contributed by atoms with Gasteiger partial charge in [-0.15, -0.1) is 0 Å². The van der Waals surface area contributed by atoms with Gasteiger partial charge < -0.3 is 0 Å². The molecule has 2 aromatic carbocycles. The predicted octanol–water partition coefficient (Wildman–Crippen LogP) is 4.41. The van der Waals surface area contributed by atoms with Crippen LogP contribution >= 0.6 is 11.8 Å². The van der Waals surface area contributed by atoms with E-state index in [9.17, 15) is 22.8 Å². The summed E-state index contributed by atoms with van der Waals surface area (Å²) in [6.07, 6.45) is 0. The average Bonchev–Trinajstić information content (AvgIpc) is 2.72. The minimum absolute atomic E-state index is 0.0744. The summed E-state index contributed by atoms with van der Waals surface area (Å²) >= 11 is -0.281. The highest BCUT2D eigenvalue weighted by Gasteiger charge is 2.37. The summed E-state index contributed by atoms with van der Waals surface area (Å²) in [6.45, 7) is 1.64. The smallest absolute Gasteiger partial charge is 0.268 e. The zero-order chi connectivity index (χ0) is 16.8. The number of benzene rings is 2. The number of nitrogens with zero attached hydrogens (tertiary/aromatic N) is 1. The minimum atomic E-state index is -4.44. The van der Waals surface area contributed by atoms with E-state index < -0.39 is 17.3 Å². The SMILES string of the molecule is Cc1ccc(SC(F)(F)F)cc1N1C(=O)c2ccccc2C1=O. The Bertz CT molecular complexity index is 782. The van der Waals surface area contributed by atoms with Crippen molar-refractivity contribution in [1.29, 1.82) is 0 Å². The molecule has 0 atom stereocenters. The van der Waals surface area contributed by atoms with Crippen molar-refractivity contribution in [3.8, 4) is 0 Å². The lowest BCUT2D eigenvalue weighted by Crippen LogP contribution is -2.30. The Balaban J connectivity index is 2.04. The average molecular weight is 337 g/mol. The molecule has 7 heteroatoms. The molecular formula is C16H10F3NO2S. The van der Waals surface area contributed by atoms with Gasteiger partial charge in [0.15, 0.2) is 0 Å². The van der Waals surface area contributed by atoms with Crippen LogP contribution in [0.5, 0.6) is 0 Å². The summed E-state index contributed by atoms with van der Waals surface area (Å²) in [6, 6.07) is 10.3. The highest BCUT2D eigenvalue weighted by Crippen LogP contribution is 2.40. The van der Waals surface area contributed by atoms with Crippen LogP contribution in [0.3, 0.4) is 0 Å². The van der Waals surface area contributed by atoms with Crippen molar-refractivity contribution in [2.24, 2.45) is 0 Å². The predicted molar refractivity (Wildman–Crippen MR) is 80.7 cm³/mol. The molecule has 2 amide bonds. The molecule has 0 bridgehead atoms. The first-order valence-corrected chi connectivity index (χ1v) is 7.44. The molecule has 23 heavy (non-hydrogen) atoms. The Morgan fingerprint density at radius 1 is 0.957 bits per heavy atom. The van der Waals surface area contributed by atoms with E-state index in [-0.39, 0.29) is 33.5 Å². The standard InChI is InChI=1S/C16H10F3NO2S/c1-9-6-7-10(23-16(17,18)19)8-13(9)20-14(21)11-4-2-3-5-12(11)15(20)22/h2-8H,1H3. The molecule has 0 unspecified atom stereocenters. The van der Waals surface area contributed by atoms with Crippen molar-refractivity contribution in [3.63, 3.8) is 0 Å². The van der Waals surface area contributed by atoms with Crippen LogP contribution in [-0.2, 0) is 0 Å². The van der Waals surface area contributed by atoms with Crippen molar-refractivity contribution in [3.05, 3.63) is 59.2 Å². The van der Waals surface area contributed by atoms with Crippen LogP contribution in [0.25, 0.3) is 0 Å². The first-order chi connectivity index (χ1) is 10.8. The number of aryl methyl sites for hydroxylation is 1. The highest BCUT2D eigenvalue weighted by atomic mass is 32.2. The number of hydrogen-bond donors (Lipinski definition) is 0. The second kappa shape index (κ2) is 5.42. The Morgan fingerprint density at radius 3 is 2.04 bits per heavy atom. The summed E-state index contributed by atoms with van der Waals surface area (Å²) in [7, 11) is 0. The third-order valence-corrected chi connectivity index (χ3v) is 4.17. The van der Waals surface area contributed by atoms with Gasteiger partial charge in [0.1, 0.15) is 0 Å². The van der Waals surface area contributed by atoms with Crippen molar-refractivity contribution < 1.29 is 22.8 Å². The third kappa shape index (κ3) is 2.84. The number of carbonyl (C=O) groups excluding carboxylic acids is 2. The van der Waals surface area contributed by atoms with E-state index in [0.29, 0.717) is 5.56 Å². The van der Waals surface area contributed by atoms with Crippen LogP contribution in [0.2, 0.25) is 0 Å². The van der Waals surface area contributed by atoms with Crippen molar-refractivity contribution in [2.45, 2.75) is 17.3 Å². The number of amides is 2. The Kier molecular flexibility index (Phi) is 3.68. The number of fused-ring (bicyclic) bond motifs is 1. The van der Waals surface area contributed by atoms with E-state index >= 15 is 0 Å². The van der Waals surface area contributed by atoms with Crippen LogP contribution in [0.15, 0.2) is 47.4 Å². The number of thioether (sulfide) groups is 1. The van der Waals surface area contributed by atoms with Gasteiger partial charge in [0, 0.05) is 4.90 Å². The summed E-state index contributed by atoms with van der Waals surface area (Å²) in [5.41, 5.74) is -3.21. The molecule has 0 aliphatic carbocycles. The second-order valence-electron chi connectivity index (χ2n) is 4.99. The first kappa shape index (κ1) is 15.6.